The fourth-order valence-electron chi connectivity index (χ4n) is 4.21. The highest BCUT2D eigenvalue weighted by atomic mass is 15.1. The van der Waals surface area contributed by atoms with Crippen molar-refractivity contribution in [1.82, 2.24) is 9.80 Å². The first-order valence-electron chi connectivity index (χ1n) is 9.74. The van der Waals surface area contributed by atoms with Crippen LogP contribution < -0.4 is 0 Å². The lowest BCUT2D eigenvalue weighted by Gasteiger charge is -2.38. The van der Waals surface area contributed by atoms with Crippen molar-refractivity contribution in [2.24, 2.45) is 5.92 Å². The van der Waals surface area contributed by atoms with Crippen molar-refractivity contribution in [2.75, 3.05) is 33.2 Å². The van der Waals surface area contributed by atoms with E-state index in [9.17, 15) is 0 Å². The van der Waals surface area contributed by atoms with Gasteiger partial charge in [0.2, 0.25) is 0 Å². The molecule has 3 rings (SSSR count). The average Bonchev–Trinajstić information content (AvgIpc) is 3.02. The molecule has 1 heterocycles. The molecule has 1 aliphatic carbocycles. The highest BCUT2D eigenvalue weighted by Gasteiger charge is 2.30. The second kappa shape index (κ2) is 8.30. The van der Waals surface area contributed by atoms with E-state index in [4.69, 9.17) is 0 Å². The zero-order valence-corrected chi connectivity index (χ0v) is 15.1. The molecule has 0 spiro atoms. The second-order valence-corrected chi connectivity index (χ2v) is 7.87. The Labute approximate surface area is 142 Å². The summed E-state index contributed by atoms with van der Waals surface area (Å²) in [7, 11) is 2.29. The predicted molar refractivity (Wildman–Crippen MR) is 98.8 cm³/mol. The van der Waals surface area contributed by atoms with Gasteiger partial charge in [-0.25, -0.2) is 0 Å². The molecule has 2 aliphatic rings. The summed E-state index contributed by atoms with van der Waals surface area (Å²) >= 11 is 0. The lowest BCUT2D eigenvalue weighted by Crippen LogP contribution is -2.33. The van der Waals surface area contributed by atoms with Crippen molar-refractivity contribution in [3.63, 3.8) is 0 Å². The monoisotopic (exact) mass is 314 g/mol. The van der Waals surface area contributed by atoms with Crippen molar-refractivity contribution in [1.29, 1.82) is 0 Å². The van der Waals surface area contributed by atoms with Crippen molar-refractivity contribution in [3.8, 4) is 0 Å². The van der Waals surface area contributed by atoms with Crippen LogP contribution in [0.2, 0.25) is 0 Å². The van der Waals surface area contributed by atoms with E-state index in [-0.39, 0.29) is 0 Å². The summed E-state index contributed by atoms with van der Waals surface area (Å²) in [5, 5.41) is 0. The fourth-order valence-corrected chi connectivity index (χ4v) is 4.21. The minimum Gasteiger partial charge on any atom is -0.306 e. The minimum absolute atomic E-state index is 0.820. The van der Waals surface area contributed by atoms with Crippen molar-refractivity contribution < 1.29 is 0 Å². The number of likely N-dealkylation sites (tertiary alicyclic amines) is 1. The molecule has 0 unspecified atom stereocenters. The number of unbranched alkanes of at least 4 members (excludes halogenated alkanes) is 1. The molecule has 0 atom stereocenters. The highest BCUT2D eigenvalue weighted by Crippen LogP contribution is 2.41. The van der Waals surface area contributed by atoms with Crippen LogP contribution in [0.5, 0.6) is 0 Å². The second-order valence-electron chi connectivity index (χ2n) is 7.87. The van der Waals surface area contributed by atoms with Gasteiger partial charge in [0, 0.05) is 13.1 Å². The largest absolute Gasteiger partial charge is 0.306 e. The van der Waals surface area contributed by atoms with Gasteiger partial charge >= 0.3 is 0 Å². The molecule has 0 radical (unpaired) electrons. The number of benzene rings is 1. The van der Waals surface area contributed by atoms with Crippen LogP contribution in [0, 0.1) is 5.92 Å². The standard InChI is InChI=1S/C21H34N2/c1-3-4-11-22(2)16-19-14-21(15-19)20-9-7-18(8-10-20)17-23-12-5-6-13-23/h7-10,19,21H,3-6,11-17H2,1-2H3. The first kappa shape index (κ1) is 17.0. The Morgan fingerprint density at radius 1 is 1.09 bits per heavy atom. The van der Waals surface area contributed by atoms with Crippen LogP contribution in [0.3, 0.4) is 0 Å². The van der Waals surface area contributed by atoms with Crippen LogP contribution in [-0.2, 0) is 6.54 Å². The SMILES string of the molecule is CCCCN(C)CC1CC(c2ccc(CN3CCCC3)cc2)C1. The molecule has 1 saturated carbocycles. The molecule has 1 saturated heterocycles. The molecular formula is C21H34N2. The first-order chi connectivity index (χ1) is 11.2. The average molecular weight is 315 g/mol. The molecule has 2 nitrogen and oxygen atoms in total. The van der Waals surface area contributed by atoms with E-state index in [0.29, 0.717) is 0 Å². The number of hydrogen-bond acceptors (Lipinski definition) is 2. The van der Waals surface area contributed by atoms with Crippen molar-refractivity contribution in [2.45, 2.75) is 57.9 Å². The predicted octanol–water partition coefficient (Wildman–Crippen LogP) is 4.51. The highest BCUT2D eigenvalue weighted by molar-refractivity contribution is 5.27. The van der Waals surface area contributed by atoms with Crippen LogP contribution in [-0.4, -0.2) is 43.0 Å². The summed E-state index contributed by atoms with van der Waals surface area (Å²) < 4.78 is 0. The molecule has 1 aliphatic heterocycles. The maximum absolute atomic E-state index is 2.58. The van der Waals surface area contributed by atoms with Crippen LogP contribution in [0.4, 0.5) is 0 Å². The van der Waals surface area contributed by atoms with E-state index in [0.717, 1.165) is 18.4 Å². The molecular weight excluding hydrogens is 280 g/mol. The molecule has 23 heavy (non-hydrogen) atoms. The molecule has 0 aromatic heterocycles. The van der Waals surface area contributed by atoms with Gasteiger partial charge in [0.1, 0.15) is 0 Å². The van der Waals surface area contributed by atoms with E-state index >= 15 is 0 Å². The van der Waals surface area contributed by atoms with E-state index in [1.165, 1.54) is 70.3 Å². The van der Waals surface area contributed by atoms with Gasteiger partial charge in [-0.15, -0.1) is 0 Å². The minimum atomic E-state index is 0.820. The Balaban J connectivity index is 1.41. The third kappa shape index (κ3) is 4.81. The summed E-state index contributed by atoms with van der Waals surface area (Å²) in [5.74, 6) is 1.74. The third-order valence-corrected chi connectivity index (χ3v) is 5.75. The lowest BCUT2D eigenvalue weighted by molar-refractivity contribution is 0.179. The maximum Gasteiger partial charge on any atom is 0.0233 e. The fraction of sp³-hybridized carbons (Fsp3) is 0.714. The van der Waals surface area contributed by atoms with Gasteiger partial charge in [0.25, 0.3) is 0 Å². The van der Waals surface area contributed by atoms with E-state index < -0.39 is 0 Å². The molecule has 0 bridgehead atoms. The van der Waals surface area contributed by atoms with Crippen LogP contribution in [0.15, 0.2) is 24.3 Å². The third-order valence-electron chi connectivity index (χ3n) is 5.75. The van der Waals surface area contributed by atoms with Gasteiger partial charge in [-0.3, -0.25) is 4.90 Å². The molecule has 2 heteroatoms. The lowest BCUT2D eigenvalue weighted by atomic mass is 9.71. The Morgan fingerprint density at radius 2 is 1.78 bits per heavy atom. The van der Waals surface area contributed by atoms with Gasteiger partial charge in [0.05, 0.1) is 0 Å². The quantitative estimate of drug-likeness (QED) is 0.696. The Hall–Kier alpha value is -0.860. The molecule has 0 amide bonds. The van der Waals surface area contributed by atoms with Gasteiger partial charge in [-0.1, -0.05) is 37.6 Å². The van der Waals surface area contributed by atoms with Crippen LogP contribution in [0.25, 0.3) is 0 Å². The van der Waals surface area contributed by atoms with Gasteiger partial charge in [-0.2, -0.15) is 0 Å². The Morgan fingerprint density at radius 3 is 2.43 bits per heavy atom. The van der Waals surface area contributed by atoms with E-state index in [1.54, 1.807) is 5.56 Å². The zero-order valence-electron chi connectivity index (χ0n) is 15.1. The smallest absolute Gasteiger partial charge is 0.0233 e. The van der Waals surface area contributed by atoms with Crippen molar-refractivity contribution >= 4 is 0 Å². The van der Waals surface area contributed by atoms with Gasteiger partial charge in [-0.05, 0) is 81.7 Å². The summed E-state index contributed by atoms with van der Waals surface area (Å²) in [6, 6.07) is 9.53. The first-order valence-corrected chi connectivity index (χ1v) is 9.74. The number of nitrogens with zero attached hydrogens (tertiary/aromatic N) is 2. The van der Waals surface area contributed by atoms with Crippen molar-refractivity contribution in [3.05, 3.63) is 35.4 Å². The summed E-state index contributed by atoms with van der Waals surface area (Å²) in [6.45, 7) is 8.57. The topological polar surface area (TPSA) is 6.48 Å². The van der Waals surface area contributed by atoms with Crippen LogP contribution in [0.1, 0.15) is 62.5 Å². The summed E-state index contributed by atoms with van der Waals surface area (Å²) in [5.41, 5.74) is 3.06. The number of rotatable bonds is 8. The van der Waals surface area contributed by atoms with Gasteiger partial charge in [0.15, 0.2) is 0 Å². The molecule has 1 aromatic rings. The zero-order chi connectivity index (χ0) is 16.1. The Bertz CT molecular complexity index is 455. The number of hydrogen-bond donors (Lipinski definition) is 0. The summed E-state index contributed by atoms with van der Waals surface area (Å²) in [6.07, 6.45) is 8.19. The Kier molecular flexibility index (Phi) is 6.13. The van der Waals surface area contributed by atoms with Crippen LogP contribution >= 0.6 is 0 Å². The molecule has 2 fully saturated rings. The summed E-state index contributed by atoms with van der Waals surface area (Å²) in [4.78, 5) is 5.12. The molecule has 0 N–H and O–H groups in total. The van der Waals surface area contributed by atoms with E-state index in [1.807, 2.05) is 0 Å². The molecule has 1 aromatic carbocycles. The maximum atomic E-state index is 2.58. The van der Waals surface area contributed by atoms with Gasteiger partial charge < -0.3 is 4.90 Å². The van der Waals surface area contributed by atoms with E-state index in [2.05, 4.69) is 48.0 Å². The normalized spacial score (nSPS) is 25.0. The molecule has 128 valence electrons.